The number of nitrogens with one attached hydrogen (secondary N) is 2. The van der Waals surface area contributed by atoms with Crippen molar-refractivity contribution in [3.05, 3.63) is 37.0 Å². The standard InChI is InChI=1S/C19H34N2S/c1-3-9-18(4-2)17-22-15-8-14-20-12-7-13-21-16-19-10-5-6-11-19/h3-4,9,19-21H,1-2,5-8,10-17H2/b18-9+. The Bertz CT molecular complexity index is 319. The van der Waals surface area contributed by atoms with Crippen LogP contribution in [-0.4, -0.2) is 37.7 Å². The van der Waals surface area contributed by atoms with Gasteiger partial charge in [-0.2, -0.15) is 11.8 Å². The minimum atomic E-state index is 0.959. The van der Waals surface area contributed by atoms with Crippen molar-refractivity contribution < 1.29 is 0 Å². The molecule has 0 atom stereocenters. The first-order valence-corrected chi connectivity index (χ1v) is 9.95. The molecule has 0 heterocycles. The van der Waals surface area contributed by atoms with E-state index in [4.69, 9.17) is 0 Å². The van der Waals surface area contributed by atoms with Crippen molar-refractivity contribution in [1.82, 2.24) is 10.6 Å². The number of thioether (sulfide) groups is 1. The van der Waals surface area contributed by atoms with E-state index in [-0.39, 0.29) is 0 Å². The van der Waals surface area contributed by atoms with E-state index in [1.165, 1.54) is 56.4 Å². The van der Waals surface area contributed by atoms with Crippen molar-refractivity contribution in [2.24, 2.45) is 5.92 Å². The van der Waals surface area contributed by atoms with E-state index in [1.54, 1.807) is 0 Å². The second-order valence-electron chi connectivity index (χ2n) is 6.05. The van der Waals surface area contributed by atoms with Gasteiger partial charge in [0.05, 0.1) is 0 Å². The van der Waals surface area contributed by atoms with Gasteiger partial charge in [0.15, 0.2) is 0 Å². The van der Waals surface area contributed by atoms with Crippen LogP contribution in [0, 0.1) is 5.92 Å². The van der Waals surface area contributed by atoms with Crippen molar-refractivity contribution in [2.75, 3.05) is 37.7 Å². The molecule has 0 radical (unpaired) electrons. The molecule has 1 saturated carbocycles. The molecular weight excluding hydrogens is 288 g/mol. The van der Waals surface area contributed by atoms with Gasteiger partial charge < -0.3 is 10.6 Å². The third-order valence-corrected chi connectivity index (χ3v) is 5.23. The molecule has 0 bridgehead atoms. The van der Waals surface area contributed by atoms with Crippen LogP contribution in [0.5, 0.6) is 0 Å². The predicted molar refractivity (Wildman–Crippen MR) is 103 cm³/mol. The summed E-state index contributed by atoms with van der Waals surface area (Å²) >= 11 is 1.97. The fraction of sp³-hybridized carbons (Fsp3) is 0.684. The van der Waals surface area contributed by atoms with Crippen LogP contribution in [-0.2, 0) is 0 Å². The van der Waals surface area contributed by atoms with Crippen LogP contribution in [0.4, 0.5) is 0 Å². The summed E-state index contributed by atoms with van der Waals surface area (Å²) in [7, 11) is 0. The molecule has 2 nitrogen and oxygen atoms in total. The van der Waals surface area contributed by atoms with E-state index >= 15 is 0 Å². The average Bonchev–Trinajstić information content (AvgIpc) is 3.04. The zero-order chi connectivity index (χ0) is 15.9. The summed E-state index contributed by atoms with van der Waals surface area (Å²) in [6.07, 6.45) is 14.0. The van der Waals surface area contributed by atoms with Crippen LogP contribution < -0.4 is 10.6 Å². The number of rotatable bonds is 14. The Kier molecular flexibility index (Phi) is 12.5. The highest BCUT2D eigenvalue weighted by Gasteiger charge is 2.13. The van der Waals surface area contributed by atoms with Gasteiger partial charge in [0.2, 0.25) is 0 Å². The Morgan fingerprint density at radius 3 is 2.50 bits per heavy atom. The number of hydrogen-bond donors (Lipinski definition) is 2. The SMILES string of the molecule is C=C/C=C(\C=C)CSCCCNCCCNCC1CCCC1. The summed E-state index contributed by atoms with van der Waals surface area (Å²) in [6, 6.07) is 0. The van der Waals surface area contributed by atoms with E-state index in [2.05, 4.69) is 23.8 Å². The van der Waals surface area contributed by atoms with E-state index in [9.17, 15) is 0 Å². The largest absolute Gasteiger partial charge is 0.317 e. The molecule has 1 rings (SSSR count). The highest BCUT2D eigenvalue weighted by atomic mass is 32.2. The molecule has 0 unspecified atom stereocenters. The van der Waals surface area contributed by atoms with E-state index in [0.717, 1.165) is 31.3 Å². The first kappa shape index (κ1) is 19.5. The maximum absolute atomic E-state index is 3.82. The fourth-order valence-corrected chi connectivity index (χ4v) is 3.74. The molecule has 1 aliphatic carbocycles. The monoisotopic (exact) mass is 322 g/mol. The lowest BCUT2D eigenvalue weighted by atomic mass is 10.1. The first-order valence-electron chi connectivity index (χ1n) is 8.80. The molecule has 0 aromatic heterocycles. The molecule has 3 heteroatoms. The van der Waals surface area contributed by atoms with Crippen molar-refractivity contribution in [1.29, 1.82) is 0 Å². The van der Waals surface area contributed by atoms with Crippen LogP contribution in [0.25, 0.3) is 0 Å². The summed E-state index contributed by atoms with van der Waals surface area (Å²) in [4.78, 5) is 0. The smallest absolute Gasteiger partial charge is 0.0184 e. The lowest BCUT2D eigenvalue weighted by Gasteiger charge is -2.10. The lowest BCUT2D eigenvalue weighted by Crippen LogP contribution is -2.26. The molecule has 0 amide bonds. The van der Waals surface area contributed by atoms with Crippen LogP contribution >= 0.6 is 11.8 Å². The van der Waals surface area contributed by atoms with Gasteiger partial charge in [-0.1, -0.05) is 44.2 Å². The summed E-state index contributed by atoms with van der Waals surface area (Å²) in [5.74, 6) is 3.20. The van der Waals surface area contributed by atoms with Gasteiger partial charge in [-0.25, -0.2) is 0 Å². The lowest BCUT2D eigenvalue weighted by molar-refractivity contribution is 0.481. The van der Waals surface area contributed by atoms with Crippen molar-refractivity contribution in [3.8, 4) is 0 Å². The quantitative estimate of drug-likeness (QED) is 0.371. The average molecular weight is 323 g/mol. The van der Waals surface area contributed by atoms with Crippen LogP contribution in [0.15, 0.2) is 37.0 Å². The molecule has 0 aliphatic heterocycles. The van der Waals surface area contributed by atoms with Gasteiger partial charge in [0, 0.05) is 5.75 Å². The summed E-state index contributed by atoms with van der Waals surface area (Å²) in [5.41, 5.74) is 1.27. The summed E-state index contributed by atoms with van der Waals surface area (Å²) in [5, 5.41) is 7.14. The number of allylic oxidation sites excluding steroid dienone is 3. The van der Waals surface area contributed by atoms with Crippen LogP contribution in [0.2, 0.25) is 0 Å². The number of hydrogen-bond acceptors (Lipinski definition) is 3. The molecule has 2 N–H and O–H groups in total. The third kappa shape index (κ3) is 10.3. The molecule has 1 aliphatic rings. The zero-order valence-electron chi connectivity index (χ0n) is 14.1. The van der Waals surface area contributed by atoms with Crippen molar-refractivity contribution in [3.63, 3.8) is 0 Å². The molecule has 0 spiro atoms. The predicted octanol–water partition coefficient (Wildman–Crippen LogP) is 4.17. The maximum Gasteiger partial charge on any atom is 0.0184 e. The highest BCUT2D eigenvalue weighted by molar-refractivity contribution is 7.99. The summed E-state index contributed by atoms with van der Waals surface area (Å²) in [6.45, 7) is 12.2. The maximum atomic E-state index is 3.82. The van der Waals surface area contributed by atoms with Crippen molar-refractivity contribution >= 4 is 11.8 Å². The van der Waals surface area contributed by atoms with Crippen LogP contribution in [0.1, 0.15) is 38.5 Å². The van der Waals surface area contributed by atoms with Crippen LogP contribution in [0.3, 0.4) is 0 Å². The van der Waals surface area contributed by atoms with Gasteiger partial charge in [0.25, 0.3) is 0 Å². The Hall–Kier alpha value is -0.510. The van der Waals surface area contributed by atoms with Gasteiger partial charge in [-0.05, 0) is 69.1 Å². The van der Waals surface area contributed by atoms with Gasteiger partial charge >= 0.3 is 0 Å². The van der Waals surface area contributed by atoms with Gasteiger partial charge in [0.1, 0.15) is 0 Å². The molecule has 0 saturated heterocycles. The molecule has 22 heavy (non-hydrogen) atoms. The first-order chi connectivity index (χ1) is 10.9. The fourth-order valence-electron chi connectivity index (χ4n) is 2.80. The highest BCUT2D eigenvalue weighted by Crippen LogP contribution is 2.23. The molecule has 1 fully saturated rings. The zero-order valence-corrected chi connectivity index (χ0v) is 14.9. The Balaban J connectivity index is 1.78. The van der Waals surface area contributed by atoms with Gasteiger partial charge in [-0.3, -0.25) is 0 Å². The van der Waals surface area contributed by atoms with E-state index in [1.807, 2.05) is 30.0 Å². The molecule has 0 aromatic rings. The second-order valence-corrected chi connectivity index (χ2v) is 7.15. The normalized spacial score (nSPS) is 16.1. The topological polar surface area (TPSA) is 24.1 Å². The minimum absolute atomic E-state index is 0.959. The van der Waals surface area contributed by atoms with Crippen molar-refractivity contribution in [2.45, 2.75) is 38.5 Å². The summed E-state index contributed by atoms with van der Waals surface area (Å²) < 4.78 is 0. The Morgan fingerprint density at radius 2 is 1.77 bits per heavy atom. The molecule has 0 aromatic carbocycles. The minimum Gasteiger partial charge on any atom is -0.317 e. The molecule has 126 valence electrons. The Morgan fingerprint density at radius 1 is 1.05 bits per heavy atom. The van der Waals surface area contributed by atoms with E-state index in [0.29, 0.717) is 0 Å². The Labute approximate surface area is 141 Å². The second kappa shape index (κ2) is 14.1. The van der Waals surface area contributed by atoms with Gasteiger partial charge in [-0.15, -0.1) is 0 Å². The third-order valence-electron chi connectivity index (χ3n) is 4.12. The van der Waals surface area contributed by atoms with E-state index < -0.39 is 0 Å². The molecular formula is C19H34N2S.